The lowest BCUT2D eigenvalue weighted by Gasteiger charge is -2.13. The maximum absolute atomic E-state index is 13.0. The average molecular weight is 459 g/mol. The van der Waals surface area contributed by atoms with Crippen LogP contribution >= 0.6 is 0 Å². The van der Waals surface area contributed by atoms with E-state index in [9.17, 15) is 22.8 Å². The Morgan fingerprint density at radius 1 is 1.03 bits per heavy atom. The van der Waals surface area contributed by atoms with E-state index in [1.807, 2.05) is 0 Å². The third kappa shape index (κ3) is 6.45. The van der Waals surface area contributed by atoms with Gasteiger partial charge in [0.15, 0.2) is 6.61 Å². The fraction of sp³-hybridized carbons (Fsp3) is 0.174. The lowest BCUT2D eigenvalue weighted by Crippen LogP contribution is -2.21. The van der Waals surface area contributed by atoms with E-state index < -0.39 is 30.2 Å². The molecule has 33 heavy (non-hydrogen) atoms. The smallest absolute Gasteiger partial charge is 0.416 e. The minimum Gasteiger partial charge on any atom is -0.492 e. The fourth-order valence-electron chi connectivity index (χ4n) is 2.83. The number of halogens is 3. The maximum Gasteiger partial charge on any atom is 0.416 e. The molecule has 7 nitrogen and oxygen atoms in total. The number of hydrogen-bond donors (Lipinski definition) is 2. The van der Waals surface area contributed by atoms with Crippen molar-refractivity contribution in [2.45, 2.75) is 13.1 Å². The predicted molar refractivity (Wildman–Crippen MR) is 115 cm³/mol. The van der Waals surface area contributed by atoms with E-state index in [2.05, 4.69) is 15.6 Å². The molecule has 0 saturated heterocycles. The number of carbonyl (C=O) groups excluding carboxylic acids is 2. The number of ether oxygens (including phenoxy) is 2. The Bertz CT molecular complexity index is 1140. The van der Waals surface area contributed by atoms with Gasteiger partial charge < -0.3 is 20.1 Å². The quantitative estimate of drug-likeness (QED) is 0.459. The average Bonchev–Trinajstić information content (AvgIpc) is 2.79. The third-order valence-corrected chi connectivity index (χ3v) is 4.28. The Hall–Kier alpha value is -4.08. The van der Waals surface area contributed by atoms with Gasteiger partial charge in [0.05, 0.1) is 17.9 Å². The van der Waals surface area contributed by atoms with Gasteiger partial charge in [-0.1, -0.05) is 18.2 Å². The summed E-state index contributed by atoms with van der Waals surface area (Å²) < 4.78 is 49.3. The molecular formula is C23H20F3N3O4. The molecule has 172 valence electrons. The van der Waals surface area contributed by atoms with E-state index in [0.717, 1.165) is 12.1 Å². The molecule has 1 heterocycles. The van der Waals surface area contributed by atoms with Crippen LogP contribution in [-0.2, 0) is 15.7 Å². The van der Waals surface area contributed by atoms with Gasteiger partial charge in [0, 0.05) is 11.9 Å². The summed E-state index contributed by atoms with van der Waals surface area (Å²) in [5.41, 5.74) is -0.384. The van der Waals surface area contributed by atoms with Gasteiger partial charge in [-0.15, -0.1) is 0 Å². The summed E-state index contributed by atoms with van der Waals surface area (Å²) in [5.74, 6) is -0.999. The van der Waals surface area contributed by atoms with Crippen LogP contribution in [0.3, 0.4) is 0 Å². The van der Waals surface area contributed by atoms with Gasteiger partial charge in [0.1, 0.15) is 17.1 Å². The molecule has 0 aliphatic rings. The highest BCUT2D eigenvalue weighted by Crippen LogP contribution is 2.31. The molecule has 0 fully saturated rings. The number of pyridine rings is 1. The first kappa shape index (κ1) is 23.6. The van der Waals surface area contributed by atoms with Crippen molar-refractivity contribution in [3.63, 3.8) is 0 Å². The standard InChI is InChI=1S/C23H20F3N3O4/c1-2-32-19-11-4-3-10-18(19)29-20(30)14-33-22(31)17-9-6-12-27-21(17)28-16-8-5-7-15(13-16)23(24,25)26/h3-13H,2,14H2,1H3,(H,27,28)(H,29,30). The molecule has 0 atom stereocenters. The van der Waals surface area contributed by atoms with Crippen LogP contribution in [0.1, 0.15) is 22.8 Å². The number of anilines is 3. The fourth-order valence-corrected chi connectivity index (χ4v) is 2.83. The molecule has 10 heteroatoms. The first-order valence-corrected chi connectivity index (χ1v) is 9.86. The number of aromatic nitrogens is 1. The number of nitrogens with one attached hydrogen (secondary N) is 2. The SMILES string of the molecule is CCOc1ccccc1NC(=O)COC(=O)c1cccnc1Nc1cccc(C(F)(F)F)c1. The lowest BCUT2D eigenvalue weighted by molar-refractivity contribution is -0.137. The Morgan fingerprint density at radius 3 is 2.58 bits per heavy atom. The number of hydrogen-bond acceptors (Lipinski definition) is 6. The van der Waals surface area contributed by atoms with Gasteiger partial charge >= 0.3 is 12.1 Å². The molecule has 0 aliphatic heterocycles. The summed E-state index contributed by atoms with van der Waals surface area (Å²) in [6.45, 7) is 1.63. The van der Waals surface area contributed by atoms with Crippen LogP contribution in [0.15, 0.2) is 66.9 Å². The highest BCUT2D eigenvalue weighted by atomic mass is 19.4. The minimum absolute atomic E-state index is 0.0103. The van der Waals surface area contributed by atoms with Crippen LogP contribution in [0, 0.1) is 0 Å². The van der Waals surface area contributed by atoms with Crippen molar-refractivity contribution in [2.75, 3.05) is 23.8 Å². The van der Waals surface area contributed by atoms with Crippen LogP contribution in [0.2, 0.25) is 0 Å². The minimum atomic E-state index is -4.52. The maximum atomic E-state index is 13.0. The predicted octanol–water partition coefficient (Wildman–Crippen LogP) is 5.04. The highest BCUT2D eigenvalue weighted by molar-refractivity contribution is 5.98. The molecule has 0 spiro atoms. The number of rotatable bonds is 8. The number of alkyl halides is 3. The van der Waals surface area contributed by atoms with Gasteiger partial charge in [-0.25, -0.2) is 9.78 Å². The van der Waals surface area contributed by atoms with Crippen LogP contribution < -0.4 is 15.4 Å². The summed E-state index contributed by atoms with van der Waals surface area (Å²) in [5, 5.41) is 5.28. The number of amides is 1. The lowest BCUT2D eigenvalue weighted by atomic mass is 10.2. The topological polar surface area (TPSA) is 89.5 Å². The molecule has 0 unspecified atom stereocenters. The normalized spacial score (nSPS) is 10.9. The van der Waals surface area contributed by atoms with Crippen molar-refractivity contribution in [3.05, 3.63) is 78.0 Å². The molecule has 1 amide bonds. The zero-order valence-corrected chi connectivity index (χ0v) is 17.5. The van der Waals surface area contributed by atoms with E-state index >= 15 is 0 Å². The molecule has 2 aromatic carbocycles. The Kier molecular flexibility index (Phi) is 7.50. The molecule has 0 radical (unpaired) electrons. The first-order chi connectivity index (χ1) is 15.8. The second-order valence-corrected chi connectivity index (χ2v) is 6.66. The Labute approximate surface area is 187 Å². The van der Waals surface area contributed by atoms with E-state index in [-0.39, 0.29) is 17.1 Å². The number of benzene rings is 2. The van der Waals surface area contributed by atoms with Crippen LogP contribution in [0.25, 0.3) is 0 Å². The second kappa shape index (κ2) is 10.5. The highest BCUT2D eigenvalue weighted by Gasteiger charge is 2.30. The first-order valence-electron chi connectivity index (χ1n) is 9.86. The van der Waals surface area contributed by atoms with Crippen LogP contribution in [0.5, 0.6) is 5.75 Å². The number of carbonyl (C=O) groups is 2. The summed E-state index contributed by atoms with van der Waals surface area (Å²) in [7, 11) is 0. The van der Waals surface area contributed by atoms with Crippen molar-refractivity contribution in [1.82, 2.24) is 4.98 Å². The molecule has 2 N–H and O–H groups in total. The zero-order chi connectivity index (χ0) is 23.8. The van der Waals surface area contributed by atoms with E-state index in [1.165, 1.54) is 30.5 Å². The summed E-state index contributed by atoms with van der Waals surface area (Å²) in [6, 6.07) is 14.1. The van der Waals surface area contributed by atoms with Gasteiger partial charge in [0.25, 0.3) is 5.91 Å². The van der Waals surface area contributed by atoms with Crippen molar-refractivity contribution >= 4 is 29.1 Å². The van der Waals surface area contributed by atoms with Crippen LogP contribution in [0.4, 0.5) is 30.4 Å². The van der Waals surface area contributed by atoms with Gasteiger partial charge in [0.2, 0.25) is 0 Å². The Balaban J connectivity index is 1.66. The summed E-state index contributed by atoms with van der Waals surface area (Å²) in [4.78, 5) is 28.8. The van der Waals surface area contributed by atoms with E-state index in [0.29, 0.717) is 18.0 Å². The van der Waals surface area contributed by atoms with E-state index in [4.69, 9.17) is 9.47 Å². The van der Waals surface area contributed by atoms with Crippen molar-refractivity contribution < 1.29 is 32.2 Å². The summed E-state index contributed by atoms with van der Waals surface area (Å²) in [6.07, 6.45) is -3.15. The molecule has 0 saturated carbocycles. The van der Waals surface area contributed by atoms with Gasteiger partial charge in [-0.2, -0.15) is 13.2 Å². The molecular weight excluding hydrogens is 439 g/mol. The van der Waals surface area contributed by atoms with Crippen LogP contribution in [-0.4, -0.2) is 30.1 Å². The zero-order valence-electron chi connectivity index (χ0n) is 17.5. The third-order valence-electron chi connectivity index (χ3n) is 4.28. The van der Waals surface area contributed by atoms with E-state index in [1.54, 1.807) is 31.2 Å². The molecule has 0 bridgehead atoms. The monoisotopic (exact) mass is 459 g/mol. The number of esters is 1. The summed E-state index contributed by atoms with van der Waals surface area (Å²) >= 11 is 0. The molecule has 0 aliphatic carbocycles. The number of nitrogens with zero attached hydrogens (tertiary/aromatic N) is 1. The Morgan fingerprint density at radius 2 is 1.82 bits per heavy atom. The van der Waals surface area contributed by atoms with Crippen molar-refractivity contribution in [1.29, 1.82) is 0 Å². The largest absolute Gasteiger partial charge is 0.492 e. The molecule has 3 aromatic rings. The second-order valence-electron chi connectivity index (χ2n) is 6.66. The van der Waals surface area contributed by atoms with Gasteiger partial charge in [-0.3, -0.25) is 4.79 Å². The molecule has 3 rings (SSSR count). The van der Waals surface area contributed by atoms with Gasteiger partial charge in [-0.05, 0) is 49.4 Å². The van der Waals surface area contributed by atoms with Crippen molar-refractivity contribution in [3.8, 4) is 5.75 Å². The van der Waals surface area contributed by atoms with Crippen molar-refractivity contribution in [2.24, 2.45) is 0 Å². The molecule has 1 aromatic heterocycles. The number of para-hydroxylation sites is 2.